The zero-order chi connectivity index (χ0) is 13.1. The van der Waals surface area contributed by atoms with Gasteiger partial charge in [-0.15, -0.1) is 0 Å². The molecule has 0 saturated carbocycles. The number of nitrogens with zero attached hydrogens (tertiary/aromatic N) is 1. The van der Waals surface area contributed by atoms with Gasteiger partial charge in [0.2, 0.25) is 0 Å². The average molecular weight is 295 g/mol. The molecule has 0 bridgehead atoms. The van der Waals surface area contributed by atoms with Gasteiger partial charge < -0.3 is 5.32 Å². The fourth-order valence-corrected chi connectivity index (χ4v) is 1.27. The standard InChI is InChI=1S/C13H15BrN2O/c1-9(14)13(2,3)16-12(17)11-6-4-10(8-15)5-7-11/h4-7,9H,1-3H3,(H,16,17). The Balaban J connectivity index is 2.81. The number of nitrogens with one attached hydrogen (secondary N) is 1. The fraction of sp³-hybridized carbons (Fsp3) is 0.385. The van der Waals surface area contributed by atoms with E-state index in [2.05, 4.69) is 21.2 Å². The third kappa shape index (κ3) is 3.57. The molecule has 0 aliphatic heterocycles. The van der Waals surface area contributed by atoms with Crippen molar-refractivity contribution < 1.29 is 4.79 Å². The van der Waals surface area contributed by atoms with Gasteiger partial charge in [-0.25, -0.2) is 0 Å². The van der Waals surface area contributed by atoms with Gasteiger partial charge in [-0.2, -0.15) is 5.26 Å². The minimum absolute atomic E-state index is 0.134. The summed E-state index contributed by atoms with van der Waals surface area (Å²) in [6, 6.07) is 8.61. The maximum absolute atomic E-state index is 11.9. The number of benzene rings is 1. The first-order valence-corrected chi connectivity index (χ1v) is 6.25. The second-order valence-electron chi connectivity index (χ2n) is 4.48. The summed E-state index contributed by atoms with van der Waals surface area (Å²) in [5, 5.41) is 11.6. The van der Waals surface area contributed by atoms with E-state index in [0.29, 0.717) is 11.1 Å². The van der Waals surface area contributed by atoms with Crippen LogP contribution in [-0.4, -0.2) is 16.3 Å². The molecule has 0 aromatic heterocycles. The SMILES string of the molecule is CC(Br)C(C)(C)NC(=O)c1ccc(C#N)cc1. The molecule has 0 fully saturated rings. The monoisotopic (exact) mass is 294 g/mol. The first-order chi connectivity index (χ1) is 7.86. The molecule has 1 atom stereocenters. The number of hydrogen-bond donors (Lipinski definition) is 1. The summed E-state index contributed by atoms with van der Waals surface area (Å²) in [5.74, 6) is -0.134. The summed E-state index contributed by atoms with van der Waals surface area (Å²) in [7, 11) is 0. The summed E-state index contributed by atoms with van der Waals surface area (Å²) in [5.41, 5.74) is 0.783. The number of carbonyl (C=O) groups is 1. The Labute approximate surface area is 110 Å². The van der Waals surface area contributed by atoms with Crippen molar-refractivity contribution in [1.82, 2.24) is 5.32 Å². The Bertz CT molecular complexity index is 443. The van der Waals surface area contributed by atoms with Crippen LogP contribution in [0.25, 0.3) is 0 Å². The van der Waals surface area contributed by atoms with E-state index in [1.807, 2.05) is 26.8 Å². The molecular formula is C13H15BrN2O. The van der Waals surface area contributed by atoms with Gasteiger partial charge in [-0.1, -0.05) is 22.9 Å². The van der Waals surface area contributed by atoms with E-state index >= 15 is 0 Å². The lowest BCUT2D eigenvalue weighted by Crippen LogP contribution is -2.48. The van der Waals surface area contributed by atoms with Crippen LogP contribution < -0.4 is 5.32 Å². The van der Waals surface area contributed by atoms with E-state index in [0.717, 1.165) is 0 Å². The maximum atomic E-state index is 11.9. The van der Waals surface area contributed by atoms with Gasteiger partial charge in [0.25, 0.3) is 5.91 Å². The topological polar surface area (TPSA) is 52.9 Å². The first kappa shape index (κ1) is 13.7. The third-order valence-electron chi connectivity index (χ3n) is 2.71. The second-order valence-corrected chi connectivity index (χ2v) is 5.85. The summed E-state index contributed by atoms with van der Waals surface area (Å²) in [6.07, 6.45) is 0. The van der Waals surface area contributed by atoms with Gasteiger partial charge in [-0.3, -0.25) is 4.79 Å². The average Bonchev–Trinajstić information content (AvgIpc) is 2.28. The summed E-state index contributed by atoms with van der Waals surface area (Å²) < 4.78 is 0. The van der Waals surface area contributed by atoms with Gasteiger partial charge >= 0.3 is 0 Å². The number of amides is 1. The molecule has 0 aliphatic rings. The molecule has 0 saturated heterocycles. The molecule has 0 spiro atoms. The van der Waals surface area contributed by atoms with Crippen molar-refractivity contribution in [2.24, 2.45) is 0 Å². The molecule has 3 nitrogen and oxygen atoms in total. The van der Waals surface area contributed by atoms with Crippen LogP contribution in [0.3, 0.4) is 0 Å². The highest BCUT2D eigenvalue weighted by Crippen LogP contribution is 2.17. The molecule has 1 aromatic rings. The Hall–Kier alpha value is -1.34. The highest BCUT2D eigenvalue weighted by Gasteiger charge is 2.25. The minimum atomic E-state index is -0.328. The van der Waals surface area contributed by atoms with E-state index in [9.17, 15) is 4.79 Å². The lowest BCUT2D eigenvalue weighted by Gasteiger charge is -2.29. The Morgan fingerprint density at radius 3 is 2.35 bits per heavy atom. The largest absolute Gasteiger partial charge is 0.346 e. The molecule has 1 amide bonds. The molecule has 0 heterocycles. The van der Waals surface area contributed by atoms with Crippen LogP contribution in [0.2, 0.25) is 0 Å². The van der Waals surface area contributed by atoms with Crippen LogP contribution >= 0.6 is 15.9 Å². The predicted octanol–water partition coefficient (Wildman–Crippen LogP) is 2.85. The van der Waals surface area contributed by atoms with Crippen LogP contribution in [0.4, 0.5) is 0 Å². The van der Waals surface area contributed by atoms with Crippen molar-refractivity contribution in [3.8, 4) is 6.07 Å². The number of hydrogen-bond acceptors (Lipinski definition) is 2. The van der Waals surface area contributed by atoms with E-state index in [1.54, 1.807) is 24.3 Å². The molecule has 1 unspecified atom stereocenters. The Morgan fingerprint density at radius 1 is 1.41 bits per heavy atom. The molecular weight excluding hydrogens is 280 g/mol. The smallest absolute Gasteiger partial charge is 0.251 e. The van der Waals surface area contributed by atoms with Crippen LogP contribution in [0.15, 0.2) is 24.3 Å². The second kappa shape index (κ2) is 5.33. The molecule has 90 valence electrons. The van der Waals surface area contributed by atoms with Crippen LogP contribution in [0.5, 0.6) is 0 Å². The quantitative estimate of drug-likeness (QED) is 0.872. The first-order valence-electron chi connectivity index (χ1n) is 5.33. The van der Waals surface area contributed by atoms with Gasteiger partial charge in [0, 0.05) is 15.9 Å². The molecule has 17 heavy (non-hydrogen) atoms. The van der Waals surface area contributed by atoms with Crippen molar-refractivity contribution in [2.75, 3.05) is 0 Å². The summed E-state index contributed by atoms with van der Waals surface area (Å²) in [6.45, 7) is 5.89. The van der Waals surface area contributed by atoms with Gasteiger partial charge in [0.15, 0.2) is 0 Å². The van der Waals surface area contributed by atoms with Crippen molar-refractivity contribution >= 4 is 21.8 Å². The molecule has 1 rings (SSSR count). The summed E-state index contributed by atoms with van der Waals surface area (Å²) in [4.78, 5) is 12.1. The van der Waals surface area contributed by atoms with E-state index in [1.165, 1.54) is 0 Å². The summed E-state index contributed by atoms with van der Waals surface area (Å²) >= 11 is 3.46. The molecule has 1 N–H and O–H groups in total. The lowest BCUT2D eigenvalue weighted by atomic mass is 10.0. The van der Waals surface area contributed by atoms with Crippen LogP contribution in [0, 0.1) is 11.3 Å². The Morgan fingerprint density at radius 2 is 1.94 bits per heavy atom. The zero-order valence-electron chi connectivity index (χ0n) is 10.1. The molecule has 4 heteroatoms. The van der Waals surface area contributed by atoms with E-state index in [4.69, 9.17) is 5.26 Å². The van der Waals surface area contributed by atoms with E-state index in [-0.39, 0.29) is 16.3 Å². The predicted molar refractivity (Wildman–Crippen MR) is 71.1 cm³/mol. The maximum Gasteiger partial charge on any atom is 0.251 e. The number of rotatable bonds is 3. The van der Waals surface area contributed by atoms with Gasteiger partial charge in [0.1, 0.15) is 0 Å². The lowest BCUT2D eigenvalue weighted by molar-refractivity contribution is 0.0914. The molecule has 0 aliphatic carbocycles. The van der Waals surface area contributed by atoms with Gasteiger partial charge in [-0.05, 0) is 38.1 Å². The number of alkyl halides is 1. The number of nitriles is 1. The van der Waals surface area contributed by atoms with Crippen molar-refractivity contribution in [1.29, 1.82) is 5.26 Å². The van der Waals surface area contributed by atoms with Crippen LogP contribution in [-0.2, 0) is 0 Å². The highest BCUT2D eigenvalue weighted by atomic mass is 79.9. The van der Waals surface area contributed by atoms with Crippen molar-refractivity contribution in [3.63, 3.8) is 0 Å². The van der Waals surface area contributed by atoms with Crippen molar-refractivity contribution in [2.45, 2.75) is 31.1 Å². The zero-order valence-corrected chi connectivity index (χ0v) is 11.7. The Kier molecular flexibility index (Phi) is 4.30. The fourth-order valence-electron chi connectivity index (χ4n) is 1.16. The highest BCUT2D eigenvalue weighted by molar-refractivity contribution is 9.09. The number of halogens is 1. The van der Waals surface area contributed by atoms with Crippen LogP contribution in [0.1, 0.15) is 36.7 Å². The van der Waals surface area contributed by atoms with Crippen molar-refractivity contribution in [3.05, 3.63) is 35.4 Å². The minimum Gasteiger partial charge on any atom is -0.346 e. The third-order valence-corrected chi connectivity index (χ3v) is 3.85. The number of carbonyl (C=O) groups excluding carboxylic acids is 1. The van der Waals surface area contributed by atoms with Gasteiger partial charge in [0.05, 0.1) is 11.6 Å². The molecule has 0 radical (unpaired) electrons. The molecule has 1 aromatic carbocycles. The normalized spacial score (nSPS) is 12.6. The van der Waals surface area contributed by atoms with E-state index < -0.39 is 0 Å².